The van der Waals surface area contributed by atoms with Gasteiger partial charge in [-0.2, -0.15) is 0 Å². The third-order valence-corrected chi connectivity index (χ3v) is 4.46. The molecule has 1 heterocycles. The van der Waals surface area contributed by atoms with E-state index in [0.29, 0.717) is 33.9 Å². The first-order chi connectivity index (χ1) is 11.2. The number of carbonyl (C=O) groups excluding carboxylic acids is 1. The number of carbonyl (C=O) groups is 1. The third-order valence-electron chi connectivity index (χ3n) is 3.69. The summed E-state index contributed by atoms with van der Waals surface area (Å²) in [6.45, 7) is 0. The first kappa shape index (κ1) is 15.6. The molecule has 0 radical (unpaired) electrons. The number of benzene rings is 1. The van der Waals surface area contributed by atoms with Gasteiger partial charge in [0.2, 0.25) is 5.75 Å². The molecule has 1 aromatic heterocycles. The molecule has 0 bridgehead atoms. The minimum Gasteiger partial charge on any atom is -0.493 e. The molecule has 23 heavy (non-hydrogen) atoms. The molecule has 122 valence electrons. The minimum absolute atomic E-state index is 0.292. The summed E-state index contributed by atoms with van der Waals surface area (Å²) in [5, 5.41) is 5.41. The second kappa shape index (κ2) is 6.45. The Labute approximate surface area is 138 Å². The topological polar surface area (TPSA) is 69.7 Å². The quantitative estimate of drug-likeness (QED) is 0.878. The van der Waals surface area contributed by atoms with Gasteiger partial charge in [0.25, 0.3) is 5.91 Å². The van der Waals surface area contributed by atoms with Crippen LogP contribution in [0.3, 0.4) is 0 Å². The van der Waals surface area contributed by atoms with Crippen LogP contribution in [0, 0.1) is 0 Å². The van der Waals surface area contributed by atoms with E-state index in [1.54, 1.807) is 12.1 Å². The largest absolute Gasteiger partial charge is 0.493 e. The van der Waals surface area contributed by atoms with E-state index in [9.17, 15) is 4.79 Å². The Bertz CT molecular complexity index is 725. The number of hydrogen-bond acceptors (Lipinski definition) is 6. The van der Waals surface area contributed by atoms with Crippen LogP contribution in [0.2, 0.25) is 0 Å². The van der Waals surface area contributed by atoms with Gasteiger partial charge in [0, 0.05) is 11.3 Å². The van der Waals surface area contributed by atoms with Gasteiger partial charge in [0.15, 0.2) is 16.6 Å². The maximum atomic E-state index is 12.5. The lowest BCUT2D eigenvalue weighted by molar-refractivity contribution is 0.102. The molecule has 0 unspecified atom stereocenters. The first-order valence-corrected chi connectivity index (χ1v) is 8.11. The fourth-order valence-corrected chi connectivity index (χ4v) is 3.14. The van der Waals surface area contributed by atoms with Crippen molar-refractivity contribution >= 4 is 22.4 Å². The number of aromatic nitrogens is 1. The highest BCUT2D eigenvalue weighted by atomic mass is 32.1. The summed E-state index contributed by atoms with van der Waals surface area (Å²) >= 11 is 1.43. The molecule has 2 aromatic rings. The summed E-state index contributed by atoms with van der Waals surface area (Å²) in [4.78, 5) is 17.0. The molecular formula is C16H18N2O4S. The van der Waals surface area contributed by atoms with E-state index in [-0.39, 0.29) is 5.91 Å². The molecule has 3 rings (SSSR count). The minimum atomic E-state index is -0.292. The van der Waals surface area contributed by atoms with Crippen LogP contribution in [0.15, 0.2) is 17.5 Å². The van der Waals surface area contributed by atoms with Gasteiger partial charge >= 0.3 is 0 Å². The van der Waals surface area contributed by atoms with Crippen molar-refractivity contribution in [2.75, 3.05) is 26.6 Å². The van der Waals surface area contributed by atoms with E-state index < -0.39 is 0 Å². The summed E-state index contributed by atoms with van der Waals surface area (Å²) in [5.41, 5.74) is 1.43. The number of rotatable bonds is 6. The van der Waals surface area contributed by atoms with Crippen LogP contribution in [0.5, 0.6) is 17.2 Å². The lowest BCUT2D eigenvalue weighted by Crippen LogP contribution is -2.14. The van der Waals surface area contributed by atoms with E-state index in [4.69, 9.17) is 14.2 Å². The Hall–Kier alpha value is -2.28. The Balaban J connectivity index is 1.85. The van der Waals surface area contributed by atoms with Crippen molar-refractivity contribution < 1.29 is 19.0 Å². The SMILES string of the molecule is COc1ccc(C(=O)Nc2nc(C3CC3)cs2)c(OC)c1OC. The summed E-state index contributed by atoms with van der Waals surface area (Å²) in [7, 11) is 4.53. The second-order valence-corrected chi connectivity index (χ2v) is 6.05. The smallest absolute Gasteiger partial charge is 0.261 e. The van der Waals surface area contributed by atoms with Crippen molar-refractivity contribution in [2.45, 2.75) is 18.8 Å². The second-order valence-electron chi connectivity index (χ2n) is 5.19. The Morgan fingerprint density at radius 3 is 2.52 bits per heavy atom. The average molecular weight is 334 g/mol. The Kier molecular flexibility index (Phi) is 4.38. The van der Waals surface area contributed by atoms with Crippen LogP contribution >= 0.6 is 11.3 Å². The number of hydrogen-bond donors (Lipinski definition) is 1. The molecule has 1 aromatic carbocycles. The van der Waals surface area contributed by atoms with E-state index in [2.05, 4.69) is 10.3 Å². The zero-order valence-electron chi connectivity index (χ0n) is 13.2. The highest BCUT2D eigenvalue weighted by molar-refractivity contribution is 7.14. The van der Waals surface area contributed by atoms with E-state index in [0.717, 1.165) is 5.69 Å². The maximum Gasteiger partial charge on any atom is 0.261 e. The van der Waals surface area contributed by atoms with Crippen LogP contribution in [-0.4, -0.2) is 32.2 Å². The van der Waals surface area contributed by atoms with Crippen LogP contribution in [-0.2, 0) is 0 Å². The fourth-order valence-electron chi connectivity index (χ4n) is 2.35. The molecule has 1 fully saturated rings. The summed E-state index contributed by atoms with van der Waals surface area (Å²) in [5.74, 6) is 1.50. The highest BCUT2D eigenvalue weighted by Gasteiger charge is 2.27. The summed E-state index contributed by atoms with van der Waals surface area (Å²) < 4.78 is 15.9. The zero-order chi connectivity index (χ0) is 16.4. The van der Waals surface area contributed by atoms with Gasteiger partial charge in [-0.25, -0.2) is 4.98 Å². The van der Waals surface area contributed by atoms with Crippen LogP contribution in [0.25, 0.3) is 0 Å². The third kappa shape index (κ3) is 3.10. The maximum absolute atomic E-state index is 12.5. The highest BCUT2D eigenvalue weighted by Crippen LogP contribution is 2.42. The van der Waals surface area contributed by atoms with Gasteiger partial charge < -0.3 is 14.2 Å². The van der Waals surface area contributed by atoms with Crippen molar-refractivity contribution in [1.82, 2.24) is 4.98 Å². The van der Waals surface area contributed by atoms with Gasteiger partial charge in [0.05, 0.1) is 32.6 Å². The molecule has 1 amide bonds. The van der Waals surface area contributed by atoms with Gasteiger partial charge in [0.1, 0.15) is 0 Å². The van der Waals surface area contributed by atoms with Crippen molar-refractivity contribution in [3.05, 3.63) is 28.8 Å². The predicted octanol–water partition coefficient (Wildman–Crippen LogP) is 3.30. The van der Waals surface area contributed by atoms with Gasteiger partial charge in [-0.3, -0.25) is 10.1 Å². The Morgan fingerprint density at radius 1 is 1.17 bits per heavy atom. The van der Waals surface area contributed by atoms with Crippen LogP contribution < -0.4 is 19.5 Å². The standard InChI is InChI=1S/C16H18N2O4S/c1-20-12-7-6-10(13(21-2)14(12)22-3)15(19)18-16-17-11(8-23-16)9-4-5-9/h6-9H,4-5H2,1-3H3,(H,17,18,19). The molecule has 1 N–H and O–H groups in total. The number of nitrogens with zero attached hydrogens (tertiary/aromatic N) is 1. The lowest BCUT2D eigenvalue weighted by Gasteiger charge is -2.15. The average Bonchev–Trinajstić information content (AvgIpc) is 3.33. The number of nitrogens with one attached hydrogen (secondary N) is 1. The normalized spacial score (nSPS) is 13.5. The van der Waals surface area contributed by atoms with Gasteiger partial charge in [-0.1, -0.05) is 0 Å². The van der Waals surface area contributed by atoms with Gasteiger partial charge in [-0.05, 0) is 25.0 Å². The van der Waals surface area contributed by atoms with Crippen LogP contribution in [0.1, 0.15) is 34.8 Å². The number of amides is 1. The molecule has 7 heteroatoms. The molecule has 0 spiro atoms. The fraction of sp³-hybridized carbons (Fsp3) is 0.375. The predicted molar refractivity (Wildman–Crippen MR) is 88.1 cm³/mol. The number of ether oxygens (including phenoxy) is 3. The summed E-state index contributed by atoms with van der Waals surface area (Å²) in [6, 6.07) is 3.32. The molecular weight excluding hydrogens is 316 g/mol. The van der Waals surface area contributed by atoms with Gasteiger partial charge in [-0.15, -0.1) is 11.3 Å². The Morgan fingerprint density at radius 2 is 1.91 bits per heavy atom. The van der Waals surface area contributed by atoms with Crippen molar-refractivity contribution in [3.63, 3.8) is 0 Å². The number of thiazole rings is 1. The molecule has 0 atom stereocenters. The van der Waals surface area contributed by atoms with Crippen molar-refractivity contribution in [3.8, 4) is 17.2 Å². The monoisotopic (exact) mass is 334 g/mol. The molecule has 6 nitrogen and oxygen atoms in total. The first-order valence-electron chi connectivity index (χ1n) is 7.23. The van der Waals surface area contributed by atoms with E-state index in [1.807, 2.05) is 5.38 Å². The zero-order valence-corrected chi connectivity index (χ0v) is 14.0. The van der Waals surface area contributed by atoms with E-state index in [1.165, 1.54) is 45.5 Å². The lowest BCUT2D eigenvalue weighted by atomic mass is 10.1. The summed E-state index contributed by atoms with van der Waals surface area (Å²) in [6.07, 6.45) is 2.36. The van der Waals surface area contributed by atoms with Crippen molar-refractivity contribution in [2.24, 2.45) is 0 Å². The number of methoxy groups -OCH3 is 3. The molecule has 1 aliphatic rings. The molecule has 1 aliphatic carbocycles. The van der Waals surface area contributed by atoms with E-state index >= 15 is 0 Å². The molecule has 1 saturated carbocycles. The van der Waals surface area contributed by atoms with Crippen molar-refractivity contribution in [1.29, 1.82) is 0 Å². The molecule has 0 saturated heterocycles. The molecule has 0 aliphatic heterocycles. The number of anilines is 1. The van der Waals surface area contributed by atoms with Crippen LogP contribution in [0.4, 0.5) is 5.13 Å².